The largest absolute Gasteiger partial charge is 0.237 e. The Hall–Kier alpha value is -1.35. The number of hydrogen-bond acceptors (Lipinski definition) is 2. The minimum atomic E-state index is 0.643. The van der Waals surface area contributed by atoms with E-state index < -0.39 is 0 Å². The molecule has 0 spiro atoms. The Morgan fingerprint density at radius 2 is 1.63 bits per heavy atom. The normalized spacial score (nSPS) is 11.5. The standard InChI is InChI=1S/C15H9Cl2NS/c16-11-4-3-5-12(17)10(11)8-9-15-18-13-6-1-2-7-14(13)19-15/h1-9H/b9-8-. The number of para-hydroxylation sites is 1. The molecule has 0 unspecified atom stereocenters. The maximum atomic E-state index is 6.12. The third-order valence-electron chi connectivity index (χ3n) is 2.70. The Bertz CT molecular complexity index is 708. The van der Waals surface area contributed by atoms with Crippen molar-refractivity contribution < 1.29 is 0 Å². The quantitative estimate of drug-likeness (QED) is 0.585. The lowest BCUT2D eigenvalue weighted by Gasteiger charge is -1.99. The van der Waals surface area contributed by atoms with Crippen LogP contribution in [-0.4, -0.2) is 4.98 Å². The van der Waals surface area contributed by atoms with Gasteiger partial charge in [-0.2, -0.15) is 0 Å². The van der Waals surface area contributed by atoms with E-state index in [1.807, 2.05) is 48.6 Å². The van der Waals surface area contributed by atoms with Crippen molar-refractivity contribution in [3.63, 3.8) is 0 Å². The first-order valence-electron chi connectivity index (χ1n) is 5.72. The molecule has 0 amide bonds. The molecule has 4 heteroatoms. The second-order valence-corrected chi connectivity index (χ2v) is 5.87. The lowest BCUT2D eigenvalue weighted by atomic mass is 10.2. The summed E-state index contributed by atoms with van der Waals surface area (Å²) >= 11 is 13.9. The summed E-state index contributed by atoms with van der Waals surface area (Å²) in [4.78, 5) is 4.53. The summed E-state index contributed by atoms with van der Waals surface area (Å²) in [6.07, 6.45) is 3.85. The SMILES string of the molecule is Clc1cccc(Cl)c1/C=C\c1nc2ccccc2s1. The molecular formula is C15H9Cl2NS. The molecule has 19 heavy (non-hydrogen) atoms. The lowest BCUT2D eigenvalue weighted by Crippen LogP contribution is -1.77. The number of rotatable bonds is 2. The molecule has 0 radical (unpaired) electrons. The van der Waals surface area contributed by atoms with E-state index in [0.29, 0.717) is 10.0 Å². The van der Waals surface area contributed by atoms with Gasteiger partial charge in [-0.05, 0) is 36.4 Å². The van der Waals surface area contributed by atoms with Crippen LogP contribution in [0.15, 0.2) is 42.5 Å². The fourth-order valence-electron chi connectivity index (χ4n) is 1.79. The Labute approximate surface area is 125 Å². The van der Waals surface area contributed by atoms with Crippen molar-refractivity contribution in [3.05, 3.63) is 63.1 Å². The average molecular weight is 306 g/mol. The fourth-order valence-corrected chi connectivity index (χ4v) is 3.18. The van der Waals surface area contributed by atoms with Crippen molar-refractivity contribution in [1.82, 2.24) is 4.98 Å². The van der Waals surface area contributed by atoms with E-state index >= 15 is 0 Å². The molecule has 3 rings (SSSR count). The van der Waals surface area contributed by atoms with E-state index in [9.17, 15) is 0 Å². The van der Waals surface area contributed by atoms with Crippen LogP contribution >= 0.6 is 34.5 Å². The van der Waals surface area contributed by atoms with Gasteiger partial charge in [-0.3, -0.25) is 0 Å². The first kappa shape index (κ1) is 12.7. The summed E-state index contributed by atoms with van der Waals surface area (Å²) in [7, 11) is 0. The van der Waals surface area contributed by atoms with Crippen LogP contribution in [0.5, 0.6) is 0 Å². The number of aromatic nitrogens is 1. The molecule has 0 aliphatic rings. The van der Waals surface area contributed by atoms with E-state index in [0.717, 1.165) is 16.1 Å². The van der Waals surface area contributed by atoms with Crippen LogP contribution in [0.1, 0.15) is 10.6 Å². The Kier molecular flexibility index (Phi) is 3.56. The molecule has 1 heterocycles. The van der Waals surface area contributed by atoms with Gasteiger partial charge in [0.05, 0.1) is 10.2 Å². The van der Waals surface area contributed by atoms with Gasteiger partial charge in [0.2, 0.25) is 0 Å². The minimum Gasteiger partial charge on any atom is -0.237 e. The first-order valence-corrected chi connectivity index (χ1v) is 7.29. The van der Waals surface area contributed by atoms with Gasteiger partial charge in [0.15, 0.2) is 0 Å². The number of halogens is 2. The van der Waals surface area contributed by atoms with Gasteiger partial charge >= 0.3 is 0 Å². The second kappa shape index (κ2) is 5.33. The van der Waals surface area contributed by atoms with Crippen LogP contribution < -0.4 is 0 Å². The molecule has 0 saturated carbocycles. The van der Waals surface area contributed by atoms with E-state index in [1.54, 1.807) is 11.3 Å². The van der Waals surface area contributed by atoms with Crippen molar-refractivity contribution in [2.75, 3.05) is 0 Å². The van der Waals surface area contributed by atoms with Crippen LogP contribution in [0.2, 0.25) is 10.0 Å². The molecule has 0 N–H and O–H groups in total. The summed E-state index contributed by atoms with van der Waals surface area (Å²) in [6, 6.07) is 13.6. The van der Waals surface area contributed by atoms with Crippen molar-refractivity contribution in [3.8, 4) is 0 Å². The van der Waals surface area contributed by atoms with Crippen LogP contribution in [0.4, 0.5) is 0 Å². The van der Waals surface area contributed by atoms with Crippen LogP contribution in [0.25, 0.3) is 22.4 Å². The van der Waals surface area contributed by atoms with Crippen molar-refractivity contribution in [2.45, 2.75) is 0 Å². The highest BCUT2D eigenvalue weighted by molar-refractivity contribution is 7.19. The predicted molar refractivity (Wildman–Crippen MR) is 85.0 cm³/mol. The lowest BCUT2D eigenvalue weighted by molar-refractivity contribution is 1.46. The third kappa shape index (κ3) is 2.66. The van der Waals surface area contributed by atoms with E-state index in [-0.39, 0.29) is 0 Å². The fraction of sp³-hybridized carbons (Fsp3) is 0. The van der Waals surface area contributed by atoms with Gasteiger partial charge in [-0.15, -0.1) is 11.3 Å². The highest BCUT2D eigenvalue weighted by Crippen LogP contribution is 2.28. The predicted octanol–water partition coefficient (Wildman–Crippen LogP) is 5.77. The topological polar surface area (TPSA) is 12.9 Å². The van der Waals surface area contributed by atoms with Crippen molar-refractivity contribution in [1.29, 1.82) is 0 Å². The maximum absolute atomic E-state index is 6.12. The number of hydrogen-bond donors (Lipinski definition) is 0. The van der Waals surface area contributed by atoms with Gasteiger partial charge in [0.1, 0.15) is 5.01 Å². The molecule has 0 saturated heterocycles. The van der Waals surface area contributed by atoms with Crippen LogP contribution in [0, 0.1) is 0 Å². The van der Waals surface area contributed by atoms with Crippen molar-refractivity contribution >= 4 is 56.9 Å². The van der Waals surface area contributed by atoms with Crippen LogP contribution in [0.3, 0.4) is 0 Å². The number of thiazole rings is 1. The minimum absolute atomic E-state index is 0.643. The summed E-state index contributed by atoms with van der Waals surface area (Å²) < 4.78 is 1.17. The smallest absolute Gasteiger partial charge is 0.117 e. The molecule has 0 bridgehead atoms. The molecular weight excluding hydrogens is 297 g/mol. The maximum Gasteiger partial charge on any atom is 0.117 e. The monoisotopic (exact) mass is 305 g/mol. The molecule has 3 aromatic rings. The van der Waals surface area contributed by atoms with Crippen LogP contribution in [-0.2, 0) is 0 Å². The zero-order valence-corrected chi connectivity index (χ0v) is 12.1. The highest BCUT2D eigenvalue weighted by atomic mass is 35.5. The van der Waals surface area contributed by atoms with Gasteiger partial charge in [-0.1, -0.05) is 41.4 Å². The summed E-state index contributed by atoms with van der Waals surface area (Å²) in [5.41, 5.74) is 1.84. The Balaban J connectivity index is 1.98. The molecule has 1 aromatic heterocycles. The van der Waals surface area contributed by atoms with Gasteiger partial charge in [-0.25, -0.2) is 4.98 Å². The molecule has 0 aliphatic heterocycles. The number of benzene rings is 2. The summed E-state index contributed by atoms with van der Waals surface area (Å²) in [6.45, 7) is 0. The second-order valence-electron chi connectivity index (χ2n) is 3.99. The summed E-state index contributed by atoms with van der Waals surface area (Å²) in [5, 5.41) is 2.23. The third-order valence-corrected chi connectivity index (χ3v) is 4.36. The van der Waals surface area contributed by atoms with E-state index in [1.165, 1.54) is 4.70 Å². The number of fused-ring (bicyclic) bond motifs is 1. The first-order chi connectivity index (χ1) is 9.24. The van der Waals surface area contributed by atoms with Gasteiger partial charge in [0, 0.05) is 15.6 Å². The van der Waals surface area contributed by atoms with Crippen molar-refractivity contribution in [2.24, 2.45) is 0 Å². The van der Waals surface area contributed by atoms with E-state index in [4.69, 9.17) is 23.2 Å². The molecule has 1 nitrogen and oxygen atoms in total. The van der Waals surface area contributed by atoms with Gasteiger partial charge in [0.25, 0.3) is 0 Å². The Morgan fingerprint density at radius 1 is 0.895 bits per heavy atom. The molecule has 0 aliphatic carbocycles. The molecule has 0 fully saturated rings. The van der Waals surface area contributed by atoms with Gasteiger partial charge < -0.3 is 0 Å². The highest BCUT2D eigenvalue weighted by Gasteiger charge is 2.03. The zero-order valence-electron chi connectivity index (χ0n) is 9.81. The number of nitrogens with zero attached hydrogens (tertiary/aromatic N) is 1. The Morgan fingerprint density at radius 3 is 2.37 bits per heavy atom. The zero-order chi connectivity index (χ0) is 13.2. The molecule has 94 valence electrons. The summed E-state index contributed by atoms with van der Waals surface area (Å²) in [5.74, 6) is 0. The molecule has 0 atom stereocenters. The van der Waals surface area contributed by atoms with E-state index in [2.05, 4.69) is 11.1 Å². The average Bonchev–Trinajstić information content (AvgIpc) is 2.81. The molecule has 2 aromatic carbocycles.